The van der Waals surface area contributed by atoms with Crippen molar-refractivity contribution in [1.82, 2.24) is 14.4 Å². The minimum Gasteiger partial charge on any atom is -0.450 e. The van der Waals surface area contributed by atoms with Crippen molar-refractivity contribution in [2.45, 2.75) is 58.2 Å². The number of amides is 2. The number of likely N-dealkylation sites (tertiary alicyclic amines) is 1. The number of nitrogens with zero attached hydrogens (tertiary/aromatic N) is 3. The Morgan fingerprint density at radius 1 is 1.12 bits per heavy atom. The molecular formula is C19H29N3O4. The number of carbonyl (C=O) groups excluding carboxylic acids is 2. The summed E-state index contributed by atoms with van der Waals surface area (Å²) < 4.78 is 13.0. The molecule has 0 atom stereocenters. The molecule has 0 saturated carbocycles. The van der Waals surface area contributed by atoms with E-state index in [0.29, 0.717) is 39.1 Å². The van der Waals surface area contributed by atoms with Crippen LogP contribution in [0.1, 0.15) is 46.2 Å². The lowest BCUT2D eigenvalue weighted by atomic mass is 9.81. The minimum atomic E-state index is -0.511. The largest absolute Gasteiger partial charge is 0.450 e. The van der Waals surface area contributed by atoms with Gasteiger partial charge in [0.15, 0.2) is 0 Å². The highest BCUT2D eigenvalue weighted by Crippen LogP contribution is 2.42. The van der Waals surface area contributed by atoms with Gasteiger partial charge in [0, 0.05) is 38.1 Å². The molecule has 1 saturated heterocycles. The average molecular weight is 363 g/mol. The van der Waals surface area contributed by atoms with Crippen LogP contribution in [0.15, 0.2) is 18.3 Å². The van der Waals surface area contributed by atoms with E-state index in [1.165, 1.54) is 0 Å². The molecule has 2 aliphatic rings. The molecule has 0 aromatic carbocycles. The van der Waals surface area contributed by atoms with Crippen LogP contribution in [0.5, 0.6) is 0 Å². The van der Waals surface area contributed by atoms with E-state index >= 15 is 0 Å². The molecule has 1 aromatic rings. The van der Waals surface area contributed by atoms with Gasteiger partial charge in [0.1, 0.15) is 5.60 Å². The highest BCUT2D eigenvalue weighted by Gasteiger charge is 2.48. The Morgan fingerprint density at radius 2 is 1.81 bits per heavy atom. The summed E-state index contributed by atoms with van der Waals surface area (Å²) in [4.78, 5) is 28.6. The fourth-order valence-corrected chi connectivity index (χ4v) is 3.97. The van der Waals surface area contributed by atoms with Gasteiger partial charge in [-0.2, -0.15) is 0 Å². The quantitative estimate of drug-likeness (QED) is 0.769. The third kappa shape index (κ3) is 3.39. The SMILES string of the molecule is CCOC(=O)N1CCn2cccc2C12CCN(C(=O)OC(C)(C)C)CC2. The Bertz CT molecular complexity index is 669. The number of aromatic nitrogens is 1. The van der Waals surface area contributed by atoms with Crippen LogP contribution in [-0.4, -0.2) is 58.4 Å². The summed E-state index contributed by atoms with van der Waals surface area (Å²) in [5.41, 5.74) is 0.190. The number of hydrogen-bond acceptors (Lipinski definition) is 4. The van der Waals surface area contributed by atoms with Gasteiger partial charge in [0.25, 0.3) is 0 Å². The molecule has 0 unspecified atom stereocenters. The molecule has 1 spiro atoms. The average Bonchev–Trinajstić information content (AvgIpc) is 3.04. The minimum absolute atomic E-state index is 0.273. The Balaban J connectivity index is 1.81. The predicted molar refractivity (Wildman–Crippen MR) is 96.9 cm³/mol. The summed E-state index contributed by atoms with van der Waals surface area (Å²) in [7, 11) is 0. The second-order valence-electron chi connectivity index (χ2n) is 7.94. The van der Waals surface area contributed by atoms with Gasteiger partial charge in [-0.05, 0) is 52.7 Å². The number of ether oxygens (including phenoxy) is 2. The molecule has 144 valence electrons. The number of carbonyl (C=O) groups is 2. The second-order valence-corrected chi connectivity index (χ2v) is 7.94. The van der Waals surface area contributed by atoms with Gasteiger partial charge < -0.3 is 18.9 Å². The topological polar surface area (TPSA) is 64.0 Å². The molecular weight excluding hydrogens is 334 g/mol. The Kier molecular flexibility index (Phi) is 4.90. The summed E-state index contributed by atoms with van der Waals surface area (Å²) in [6.07, 6.45) is 2.84. The molecule has 0 N–H and O–H groups in total. The maximum absolute atomic E-state index is 12.6. The van der Waals surface area contributed by atoms with Gasteiger partial charge in [0.05, 0.1) is 12.1 Å². The van der Waals surface area contributed by atoms with Crippen LogP contribution in [0.25, 0.3) is 0 Å². The third-order valence-electron chi connectivity index (χ3n) is 5.12. The van der Waals surface area contributed by atoms with E-state index in [-0.39, 0.29) is 12.2 Å². The van der Waals surface area contributed by atoms with Crippen molar-refractivity contribution in [3.8, 4) is 0 Å². The summed E-state index contributed by atoms with van der Waals surface area (Å²) in [6.45, 7) is 10.3. The molecule has 2 aliphatic heterocycles. The lowest BCUT2D eigenvalue weighted by Gasteiger charge is -2.50. The van der Waals surface area contributed by atoms with Gasteiger partial charge >= 0.3 is 12.2 Å². The lowest BCUT2D eigenvalue weighted by molar-refractivity contribution is -0.0195. The van der Waals surface area contributed by atoms with E-state index in [9.17, 15) is 9.59 Å². The van der Waals surface area contributed by atoms with E-state index in [1.54, 1.807) is 4.90 Å². The maximum Gasteiger partial charge on any atom is 0.410 e. The molecule has 0 aliphatic carbocycles. The van der Waals surface area contributed by atoms with Crippen molar-refractivity contribution in [3.05, 3.63) is 24.0 Å². The highest BCUT2D eigenvalue weighted by atomic mass is 16.6. The monoisotopic (exact) mass is 363 g/mol. The van der Waals surface area contributed by atoms with Crippen LogP contribution in [0.3, 0.4) is 0 Å². The normalized spacial score (nSPS) is 19.2. The van der Waals surface area contributed by atoms with Crippen LogP contribution < -0.4 is 0 Å². The number of hydrogen-bond donors (Lipinski definition) is 0. The van der Waals surface area contributed by atoms with Crippen molar-refractivity contribution in [1.29, 1.82) is 0 Å². The standard InChI is InChI=1S/C19H29N3O4/c1-5-25-17(24)22-14-13-20-10-6-7-15(20)19(22)8-11-21(12-9-19)16(23)26-18(2,3)4/h6-7,10H,5,8-9,11-14H2,1-4H3. The number of fused-ring (bicyclic) bond motifs is 2. The molecule has 1 aromatic heterocycles. The Hall–Kier alpha value is -2.18. The summed E-state index contributed by atoms with van der Waals surface area (Å²) >= 11 is 0. The summed E-state index contributed by atoms with van der Waals surface area (Å²) in [6, 6.07) is 4.10. The molecule has 0 bridgehead atoms. The Morgan fingerprint density at radius 3 is 2.42 bits per heavy atom. The van der Waals surface area contributed by atoms with E-state index in [1.807, 2.05) is 38.7 Å². The van der Waals surface area contributed by atoms with Crippen LogP contribution >= 0.6 is 0 Å². The molecule has 7 heteroatoms. The van der Waals surface area contributed by atoms with Crippen LogP contribution in [0.4, 0.5) is 9.59 Å². The number of rotatable bonds is 1. The molecule has 26 heavy (non-hydrogen) atoms. The van der Waals surface area contributed by atoms with Gasteiger partial charge in [-0.25, -0.2) is 9.59 Å². The van der Waals surface area contributed by atoms with Gasteiger partial charge in [-0.3, -0.25) is 4.90 Å². The summed E-state index contributed by atoms with van der Waals surface area (Å²) in [5.74, 6) is 0. The van der Waals surface area contributed by atoms with Crippen LogP contribution in [0, 0.1) is 0 Å². The fraction of sp³-hybridized carbons (Fsp3) is 0.684. The first-order valence-corrected chi connectivity index (χ1v) is 9.35. The molecule has 3 heterocycles. The zero-order valence-electron chi connectivity index (χ0n) is 16.2. The molecule has 3 rings (SSSR count). The molecule has 0 radical (unpaired) electrons. The smallest absolute Gasteiger partial charge is 0.410 e. The van der Waals surface area contributed by atoms with E-state index in [0.717, 1.165) is 12.2 Å². The van der Waals surface area contributed by atoms with Crippen LogP contribution in [-0.2, 0) is 21.6 Å². The first-order valence-electron chi connectivity index (χ1n) is 9.35. The van der Waals surface area contributed by atoms with Crippen molar-refractivity contribution in [2.24, 2.45) is 0 Å². The lowest BCUT2D eigenvalue weighted by Crippen LogP contribution is -2.60. The van der Waals surface area contributed by atoms with Crippen molar-refractivity contribution < 1.29 is 19.1 Å². The number of piperidine rings is 1. The van der Waals surface area contributed by atoms with Gasteiger partial charge in [-0.15, -0.1) is 0 Å². The van der Waals surface area contributed by atoms with Gasteiger partial charge in [0.2, 0.25) is 0 Å². The van der Waals surface area contributed by atoms with Gasteiger partial charge in [-0.1, -0.05) is 0 Å². The van der Waals surface area contributed by atoms with E-state index < -0.39 is 11.1 Å². The van der Waals surface area contributed by atoms with Crippen LogP contribution in [0.2, 0.25) is 0 Å². The molecule has 1 fully saturated rings. The first-order chi connectivity index (χ1) is 12.3. The van der Waals surface area contributed by atoms with E-state index in [2.05, 4.69) is 16.8 Å². The van der Waals surface area contributed by atoms with Crippen molar-refractivity contribution >= 4 is 12.2 Å². The first kappa shape index (κ1) is 18.6. The Labute approximate surface area is 154 Å². The molecule has 7 nitrogen and oxygen atoms in total. The third-order valence-corrected chi connectivity index (χ3v) is 5.12. The predicted octanol–water partition coefficient (Wildman–Crippen LogP) is 3.19. The highest BCUT2D eigenvalue weighted by molar-refractivity contribution is 5.70. The summed E-state index contributed by atoms with van der Waals surface area (Å²) in [5, 5.41) is 0. The maximum atomic E-state index is 12.6. The van der Waals surface area contributed by atoms with Crippen molar-refractivity contribution in [3.63, 3.8) is 0 Å². The second kappa shape index (κ2) is 6.85. The van der Waals surface area contributed by atoms with E-state index in [4.69, 9.17) is 9.47 Å². The fourth-order valence-electron chi connectivity index (χ4n) is 3.97. The molecule has 2 amide bonds. The zero-order chi connectivity index (χ0) is 18.9. The zero-order valence-corrected chi connectivity index (χ0v) is 16.2. The van der Waals surface area contributed by atoms with Crippen molar-refractivity contribution in [2.75, 3.05) is 26.2 Å².